The van der Waals surface area contributed by atoms with E-state index in [1.54, 1.807) is 0 Å². The summed E-state index contributed by atoms with van der Waals surface area (Å²) < 4.78 is 2.50. The molecule has 2 N–H and O–H groups in total. The lowest BCUT2D eigenvalue weighted by Crippen LogP contribution is -2.32. The number of rotatable bonds is 3. The molecule has 0 bridgehead atoms. The molecular weight excluding hydrogens is 244 g/mol. The number of fused-ring (bicyclic) bond motifs is 1. The minimum atomic E-state index is 0.581. The van der Waals surface area contributed by atoms with Gasteiger partial charge in [-0.1, -0.05) is 25.5 Å². The van der Waals surface area contributed by atoms with E-state index >= 15 is 0 Å². The third-order valence-electron chi connectivity index (χ3n) is 5.28. The van der Waals surface area contributed by atoms with Gasteiger partial charge in [-0.3, -0.25) is 0 Å². The predicted molar refractivity (Wildman–Crippen MR) is 85.9 cm³/mol. The quantitative estimate of drug-likeness (QED) is 0.887. The fourth-order valence-electron chi connectivity index (χ4n) is 3.91. The summed E-state index contributed by atoms with van der Waals surface area (Å²) in [5, 5.41) is 1.39. The summed E-state index contributed by atoms with van der Waals surface area (Å²) in [4.78, 5) is 0. The smallest absolute Gasteiger partial charge is 0.0485 e. The van der Waals surface area contributed by atoms with Crippen LogP contribution in [0.25, 0.3) is 10.9 Å². The highest BCUT2D eigenvalue weighted by atomic mass is 15.0. The van der Waals surface area contributed by atoms with Crippen molar-refractivity contribution in [2.75, 3.05) is 6.54 Å². The average molecular weight is 270 g/mol. The maximum atomic E-state index is 6.05. The van der Waals surface area contributed by atoms with Crippen molar-refractivity contribution in [2.45, 2.75) is 45.6 Å². The van der Waals surface area contributed by atoms with Crippen LogP contribution in [0.4, 0.5) is 0 Å². The van der Waals surface area contributed by atoms with Crippen LogP contribution in [0.1, 0.15) is 44.2 Å². The van der Waals surface area contributed by atoms with Crippen LogP contribution < -0.4 is 5.73 Å². The molecule has 1 aromatic heterocycles. The highest BCUT2D eigenvalue weighted by Gasteiger charge is 2.30. The molecule has 0 saturated heterocycles. The van der Waals surface area contributed by atoms with Crippen LogP contribution in [0.15, 0.2) is 30.5 Å². The molecule has 20 heavy (non-hydrogen) atoms. The van der Waals surface area contributed by atoms with Crippen molar-refractivity contribution in [2.24, 2.45) is 17.6 Å². The number of nitrogens with two attached hydrogens (primary N) is 1. The van der Waals surface area contributed by atoms with E-state index in [0.29, 0.717) is 12.0 Å². The Morgan fingerprint density at radius 3 is 2.85 bits per heavy atom. The third-order valence-corrected chi connectivity index (χ3v) is 5.28. The van der Waals surface area contributed by atoms with Crippen LogP contribution in [-0.4, -0.2) is 11.1 Å². The van der Waals surface area contributed by atoms with Crippen molar-refractivity contribution >= 4 is 10.9 Å². The van der Waals surface area contributed by atoms with Crippen LogP contribution in [0.5, 0.6) is 0 Å². The second kappa shape index (κ2) is 5.61. The van der Waals surface area contributed by atoms with Crippen molar-refractivity contribution in [3.63, 3.8) is 0 Å². The number of nitrogens with zero attached hydrogens (tertiary/aromatic N) is 1. The van der Waals surface area contributed by atoms with Gasteiger partial charge in [-0.25, -0.2) is 0 Å². The Morgan fingerprint density at radius 1 is 1.25 bits per heavy atom. The normalized spacial score (nSPS) is 27.1. The van der Waals surface area contributed by atoms with E-state index in [4.69, 9.17) is 5.73 Å². The molecule has 0 spiro atoms. The topological polar surface area (TPSA) is 30.9 Å². The molecule has 3 atom stereocenters. The summed E-state index contributed by atoms with van der Waals surface area (Å²) in [5.41, 5.74) is 8.80. The number of aromatic nitrogens is 1. The number of hydrogen-bond donors (Lipinski definition) is 1. The second-order valence-electron chi connectivity index (χ2n) is 6.38. The average Bonchev–Trinajstić information content (AvgIpc) is 2.92. The van der Waals surface area contributed by atoms with Crippen LogP contribution in [-0.2, 0) is 0 Å². The Hall–Kier alpha value is -1.28. The summed E-state index contributed by atoms with van der Waals surface area (Å²) in [5.74, 6) is 1.50. The highest BCUT2D eigenvalue weighted by molar-refractivity contribution is 5.83. The minimum absolute atomic E-state index is 0.581. The Morgan fingerprint density at radius 2 is 2.10 bits per heavy atom. The molecule has 1 aliphatic carbocycles. The molecule has 0 aliphatic heterocycles. The summed E-state index contributed by atoms with van der Waals surface area (Å²) >= 11 is 0. The highest BCUT2D eigenvalue weighted by Crippen LogP contribution is 2.40. The van der Waals surface area contributed by atoms with Gasteiger partial charge < -0.3 is 10.3 Å². The molecule has 3 rings (SSSR count). The fraction of sp³-hybridized carbons (Fsp3) is 0.556. The van der Waals surface area contributed by atoms with Crippen LogP contribution in [0.2, 0.25) is 0 Å². The van der Waals surface area contributed by atoms with Gasteiger partial charge in [0, 0.05) is 23.1 Å². The van der Waals surface area contributed by atoms with Crippen LogP contribution in [0.3, 0.4) is 0 Å². The SMILES string of the molecule is CCC1CCC(CN)C(n2ccc3c(C)cccc32)C1. The second-order valence-corrected chi connectivity index (χ2v) is 6.38. The van der Waals surface area contributed by atoms with E-state index in [2.05, 4.69) is 48.9 Å². The van der Waals surface area contributed by atoms with Crippen molar-refractivity contribution in [1.29, 1.82) is 0 Å². The number of benzene rings is 1. The summed E-state index contributed by atoms with van der Waals surface area (Å²) in [7, 11) is 0. The minimum Gasteiger partial charge on any atom is -0.344 e. The largest absolute Gasteiger partial charge is 0.344 e. The van der Waals surface area contributed by atoms with Crippen molar-refractivity contribution in [3.8, 4) is 0 Å². The molecule has 1 fully saturated rings. The van der Waals surface area contributed by atoms with Gasteiger partial charge in [-0.2, -0.15) is 0 Å². The van der Waals surface area contributed by atoms with Gasteiger partial charge in [0.15, 0.2) is 0 Å². The first kappa shape index (κ1) is 13.7. The molecule has 1 aliphatic rings. The standard InChI is InChI=1S/C18H26N2/c1-3-14-7-8-15(12-19)18(11-14)20-10-9-16-13(2)5-4-6-17(16)20/h4-6,9-10,14-15,18H,3,7-8,11-12,19H2,1-2H3. The van der Waals surface area contributed by atoms with Crippen molar-refractivity contribution < 1.29 is 0 Å². The van der Waals surface area contributed by atoms with Crippen LogP contribution in [0, 0.1) is 18.8 Å². The molecular formula is C18H26N2. The maximum Gasteiger partial charge on any atom is 0.0485 e. The lowest BCUT2D eigenvalue weighted by molar-refractivity contribution is 0.188. The Labute approximate surface area is 122 Å². The molecule has 2 heteroatoms. The number of aryl methyl sites for hydroxylation is 1. The molecule has 1 heterocycles. The lowest BCUT2D eigenvalue weighted by Gasteiger charge is -2.36. The zero-order chi connectivity index (χ0) is 14.1. The summed E-state index contributed by atoms with van der Waals surface area (Å²) in [6.45, 7) is 5.33. The first-order valence-corrected chi connectivity index (χ1v) is 8.00. The molecule has 108 valence electrons. The van der Waals surface area contributed by atoms with E-state index in [9.17, 15) is 0 Å². The van der Waals surface area contributed by atoms with Gasteiger partial charge in [-0.15, -0.1) is 0 Å². The monoisotopic (exact) mass is 270 g/mol. The number of hydrogen-bond acceptors (Lipinski definition) is 1. The Bertz CT molecular complexity index is 584. The van der Waals surface area contributed by atoms with Crippen molar-refractivity contribution in [3.05, 3.63) is 36.0 Å². The first-order valence-electron chi connectivity index (χ1n) is 8.00. The van der Waals surface area contributed by atoms with E-state index in [0.717, 1.165) is 12.5 Å². The van der Waals surface area contributed by atoms with E-state index in [1.165, 1.54) is 42.1 Å². The molecule has 3 unspecified atom stereocenters. The van der Waals surface area contributed by atoms with Gasteiger partial charge in [0.2, 0.25) is 0 Å². The van der Waals surface area contributed by atoms with E-state index in [1.807, 2.05) is 0 Å². The fourth-order valence-corrected chi connectivity index (χ4v) is 3.91. The first-order chi connectivity index (χ1) is 9.74. The summed E-state index contributed by atoms with van der Waals surface area (Å²) in [6, 6.07) is 9.48. The Kier molecular flexibility index (Phi) is 3.84. The molecule has 2 aromatic rings. The Balaban J connectivity index is 2.01. The predicted octanol–water partition coefficient (Wildman–Crippen LogP) is 4.28. The zero-order valence-electron chi connectivity index (χ0n) is 12.7. The van der Waals surface area contributed by atoms with Crippen molar-refractivity contribution in [1.82, 2.24) is 4.57 Å². The van der Waals surface area contributed by atoms with Crippen LogP contribution >= 0.6 is 0 Å². The van der Waals surface area contributed by atoms with E-state index in [-0.39, 0.29) is 0 Å². The van der Waals surface area contributed by atoms with Gasteiger partial charge in [-0.05, 0) is 62.3 Å². The molecule has 0 amide bonds. The molecule has 0 radical (unpaired) electrons. The molecule has 1 aromatic carbocycles. The molecule has 2 nitrogen and oxygen atoms in total. The molecule has 1 saturated carbocycles. The van der Waals surface area contributed by atoms with Gasteiger partial charge >= 0.3 is 0 Å². The van der Waals surface area contributed by atoms with Gasteiger partial charge in [0.1, 0.15) is 0 Å². The van der Waals surface area contributed by atoms with E-state index < -0.39 is 0 Å². The summed E-state index contributed by atoms with van der Waals surface area (Å²) in [6.07, 6.45) is 7.50. The van der Waals surface area contributed by atoms with Gasteiger partial charge in [0.05, 0.1) is 0 Å². The third kappa shape index (κ3) is 2.26. The van der Waals surface area contributed by atoms with Gasteiger partial charge in [0.25, 0.3) is 0 Å². The lowest BCUT2D eigenvalue weighted by atomic mass is 9.77. The zero-order valence-corrected chi connectivity index (χ0v) is 12.7. The maximum absolute atomic E-state index is 6.05.